The van der Waals surface area contributed by atoms with E-state index in [1.807, 2.05) is 0 Å². The molecule has 0 heterocycles. The summed E-state index contributed by atoms with van der Waals surface area (Å²) in [5.41, 5.74) is -0.212. The summed E-state index contributed by atoms with van der Waals surface area (Å²) in [5, 5.41) is 13.4. The second-order valence-corrected chi connectivity index (χ2v) is 7.16. The molecule has 0 spiro atoms. The van der Waals surface area contributed by atoms with E-state index in [9.17, 15) is 5.11 Å². The number of hydrogen-bond donors (Lipinski definition) is 2. The number of aliphatic hydroxyl groups is 1. The van der Waals surface area contributed by atoms with E-state index < -0.39 is 0 Å². The summed E-state index contributed by atoms with van der Waals surface area (Å²) in [6.07, 6.45) is 7.96. The number of nitrogens with one attached hydrogen (secondary N) is 1. The molecule has 2 aliphatic rings. The summed E-state index contributed by atoms with van der Waals surface area (Å²) >= 11 is 0. The molecule has 2 saturated carbocycles. The molecule has 0 aromatic heterocycles. The molecule has 4 heteroatoms. The quantitative estimate of drug-likeness (QED) is 0.718. The first kappa shape index (κ1) is 16.2. The molecule has 0 bridgehead atoms. The van der Waals surface area contributed by atoms with Crippen molar-refractivity contribution in [3.8, 4) is 0 Å². The van der Waals surface area contributed by atoms with E-state index >= 15 is 0 Å². The fourth-order valence-electron chi connectivity index (χ4n) is 3.00. The van der Waals surface area contributed by atoms with Gasteiger partial charge in [-0.05, 0) is 58.8 Å². The normalized spacial score (nSPS) is 31.5. The van der Waals surface area contributed by atoms with E-state index in [0.29, 0.717) is 6.04 Å². The topological polar surface area (TPSA) is 50.7 Å². The lowest BCUT2D eigenvalue weighted by atomic mass is 9.80. The molecule has 2 N–H and O–H groups in total. The van der Waals surface area contributed by atoms with E-state index in [1.54, 1.807) is 7.11 Å². The van der Waals surface area contributed by atoms with Gasteiger partial charge in [-0.25, -0.2) is 0 Å². The molecule has 4 nitrogen and oxygen atoms in total. The number of hydrogen-bond acceptors (Lipinski definition) is 4. The van der Waals surface area contributed by atoms with Crippen molar-refractivity contribution >= 4 is 0 Å². The van der Waals surface area contributed by atoms with Gasteiger partial charge in [-0.2, -0.15) is 0 Å². The zero-order valence-electron chi connectivity index (χ0n) is 13.3. The van der Waals surface area contributed by atoms with Crippen LogP contribution in [-0.2, 0) is 9.47 Å². The number of methoxy groups -OCH3 is 1. The molecule has 2 rings (SSSR count). The van der Waals surface area contributed by atoms with Crippen molar-refractivity contribution in [1.82, 2.24) is 5.32 Å². The maximum atomic E-state index is 9.79. The Kier molecular flexibility index (Phi) is 5.46. The minimum absolute atomic E-state index is 0.0964. The molecule has 0 saturated heterocycles. The molecule has 2 atom stereocenters. The first-order valence-electron chi connectivity index (χ1n) is 8.04. The maximum absolute atomic E-state index is 9.79. The zero-order valence-corrected chi connectivity index (χ0v) is 13.3. The highest BCUT2D eigenvalue weighted by atomic mass is 16.5. The lowest BCUT2D eigenvalue weighted by Crippen LogP contribution is -2.54. The highest BCUT2D eigenvalue weighted by molar-refractivity contribution is 4.99. The van der Waals surface area contributed by atoms with E-state index in [2.05, 4.69) is 19.2 Å². The zero-order chi connectivity index (χ0) is 14.6. The van der Waals surface area contributed by atoms with Gasteiger partial charge in [-0.1, -0.05) is 0 Å². The van der Waals surface area contributed by atoms with Crippen LogP contribution in [0.5, 0.6) is 0 Å². The van der Waals surface area contributed by atoms with E-state index in [1.165, 1.54) is 12.8 Å². The Bertz CT molecular complexity index is 304. The predicted molar refractivity (Wildman–Crippen MR) is 79.9 cm³/mol. The van der Waals surface area contributed by atoms with Gasteiger partial charge >= 0.3 is 0 Å². The fraction of sp³-hybridized carbons (Fsp3) is 1.00. The van der Waals surface area contributed by atoms with E-state index in [-0.39, 0.29) is 23.9 Å². The van der Waals surface area contributed by atoms with E-state index in [4.69, 9.17) is 9.47 Å². The van der Waals surface area contributed by atoms with Gasteiger partial charge in [0.15, 0.2) is 0 Å². The van der Waals surface area contributed by atoms with Crippen LogP contribution in [0.1, 0.15) is 58.8 Å². The van der Waals surface area contributed by atoms with E-state index in [0.717, 1.165) is 38.7 Å². The SMILES string of the molecule is COC(C)(C)CCOC1CCCC(CO)(NC2CC2)C1. The van der Waals surface area contributed by atoms with Crippen LogP contribution in [0.4, 0.5) is 0 Å². The minimum atomic E-state index is -0.116. The van der Waals surface area contributed by atoms with Gasteiger partial charge in [0.05, 0.1) is 18.3 Å². The fourth-order valence-corrected chi connectivity index (χ4v) is 3.00. The number of rotatable bonds is 8. The Balaban J connectivity index is 1.77. The van der Waals surface area contributed by atoms with Crippen LogP contribution in [0.15, 0.2) is 0 Å². The Morgan fingerprint density at radius 2 is 2.05 bits per heavy atom. The first-order valence-corrected chi connectivity index (χ1v) is 8.04. The molecule has 0 radical (unpaired) electrons. The molecule has 0 aromatic rings. The molecule has 0 aromatic carbocycles. The molecule has 118 valence electrons. The van der Waals surface area contributed by atoms with Crippen molar-refractivity contribution in [2.24, 2.45) is 0 Å². The standard InChI is InChI=1S/C16H31NO3/c1-15(2,19-3)9-10-20-14-5-4-8-16(11-14,12-18)17-13-6-7-13/h13-14,17-18H,4-12H2,1-3H3. The van der Waals surface area contributed by atoms with Gasteiger partial charge in [0.1, 0.15) is 0 Å². The smallest absolute Gasteiger partial charge is 0.0644 e. The van der Waals surface area contributed by atoms with Crippen molar-refractivity contribution < 1.29 is 14.6 Å². The van der Waals surface area contributed by atoms with Gasteiger partial charge in [-0.15, -0.1) is 0 Å². The van der Waals surface area contributed by atoms with Gasteiger partial charge in [0, 0.05) is 25.3 Å². The van der Waals surface area contributed by atoms with Crippen LogP contribution < -0.4 is 5.32 Å². The van der Waals surface area contributed by atoms with Crippen molar-refractivity contribution in [3.63, 3.8) is 0 Å². The van der Waals surface area contributed by atoms with Gasteiger partial charge in [0.2, 0.25) is 0 Å². The maximum Gasteiger partial charge on any atom is 0.0644 e. The summed E-state index contributed by atoms with van der Waals surface area (Å²) in [6.45, 7) is 5.14. The largest absolute Gasteiger partial charge is 0.394 e. The summed E-state index contributed by atoms with van der Waals surface area (Å²) in [4.78, 5) is 0. The molecular formula is C16H31NO3. The van der Waals surface area contributed by atoms with Crippen LogP contribution in [0.25, 0.3) is 0 Å². The second kappa shape index (κ2) is 6.73. The third-order valence-corrected chi connectivity index (χ3v) is 4.80. The summed E-state index contributed by atoms with van der Waals surface area (Å²) in [7, 11) is 1.75. The molecule has 0 aliphatic heterocycles. The highest BCUT2D eigenvalue weighted by Gasteiger charge is 2.40. The predicted octanol–water partition coefficient (Wildman–Crippen LogP) is 2.24. The third-order valence-electron chi connectivity index (χ3n) is 4.80. The van der Waals surface area contributed by atoms with Crippen molar-refractivity contribution in [3.05, 3.63) is 0 Å². The summed E-state index contributed by atoms with van der Waals surface area (Å²) in [6, 6.07) is 0.633. The van der Waals surface area contributed by atoms with Gasteiger partial charge in [0.25, 0.3) is 0 Å². The Labute approximate surface area is 123 Å². The number of ether oxygens (including phenoxy) is 2. The highest BCUT2D eigenvalue weighted by Crippen LogP contribution is 2.34. The first-order chi connectivity index (χ1) is 9.49. The minimum Gasteiger partial charge on any atom is -0.394 e. The third kappa shape index (κ3) is 4.69. The van der Waals surface area contributed by atoms with Crippen molar-refractivity contribution in [1.29, 1.82) is 0 Å². The lowest BCUT2D eigenvalue weighted by molar-refractivity contribution is -0.0502. The monoisotopic (exact) mass is 285 g/mol. The molecular weight excluding hydrogens is 254 g/mol. The van der Waals surface area contributed by atoms with Crippen LogP contribution in [0.2, 0.25) is 0 Å². The van der Waals surface area contributed by atoms with Crippen molar-refractivity contribution in [2.45, 2.75) is 82.1 Å². The van der Waals surface area contributed by atoms with Crippen molar-refractivity contribution in [2.75, 3.05) is 20.3 Å². The average Bonchev–Trinajstić information content (AvgIpc) is 3.23. The Hall–Kier alpha value is -0.160. The molecule has 2 aliphatic carbocycles. The average molecular weight is 285 g/mol. The molecule has 20 heavy (non-hydrogen) atoms. The van der Waals surface area contributed by atoms with Crippen LogP contribution in [0, 0.1) is 0 Å². The number of aliphatic hydroxyl groups excluding tert-OH is 1. The molecule has 2 unspecified atom stereocenters. The molecule has 2 fully saturated rings. The summed E-state index contributed by atoms with van der Waals surface area (Å²) < 4.78 is 11.5. The van der Waals surface area contributed by atoms with Gasteiger partial charge < -0.3 is 19.9 Å². The van der Waals surface area contributed by atoms with Gasteiger partial charge in [-0.3, -0.25) is 0 Å². The summed E-state index contributed by atoms with van der Waals surface area (Å²) in [5.74, 6) is 0. The van der Waals surface area contributed by atoms with Crippen LogP contribution in [0.3, 0.4) is 0 Å². The Morgan fingerprint density at radius 3 is 2.65 bits per heavy atom. The van der Waals surface area contributed by atoms with Crippen LogP contribution in [-0.4, -0.2) is 48.7 Å². The second-order valence-electron chi connectivity index (χ2n) is 7.16. The lowest BCUT2D eigenvalue weighted by Gasteiger charge is -2.41. The molecule has 0 amide bonds. The Morgan fingerprint density at radius 1 is 1.30 bits per heavy atom. The van der Waals surface area contributed by atoms with Crippen LogP contribution >= 0.6 is 0 Å².